The zero-order valence-electron chi connectivity index (χ0n) is 22.5. The van der Waals surface area contributed by atoms with Crippen LogP contribution >= 0.6 is 22.9 Å². The summed E-state index contributed by atoms with van der Waals surface area (Å²) < 4.78 is 21.0. The van der Waals surface area contributed by atoms with Crippen LogP contribution in [-0.2, 0) is 23.5 Å². The van der Waals surface area contributed by atoms with Crippen LogP contribution in [0.4, 0.5) is 0 Å². The smallest absolute Gasteiger partial charge is 0.335 e. The number of halogens is 1. The lowest BCUT2D eigenvalue weighted by Gasteiger charge is -2.24. The van der Waals surface area contributed by atoms with E-state index in [0.29, 0.717) is 48.2 Å². The summed E-state index contributed by atoms with van der Waals surface area (Å²) in [5.41, 5.74) is 6.97. The van der Waals surface area contributed by atoms with Crippen LogP contribution in [0.5, 0.6) is 11.5 Å². The first-order chi connectivity index (χ1) is 20.4. The van der Waals surface area contributed by atoms with Gasteiger partial charge in [-0.05, 0) is 48.4 Å². The number of aromatic nitrogens is 4. The Morgan fingerprint density at radius 1 is 1.19 bits per heavy atom. The summed E-state index contributed by atoms with van der Waals surface area (Å²) in [4.78, 5) is 25.3. The number of carboxylic acid groups (broad SMARTS) is 1. The summed E-state index contributed by atoms with van der Waals surface area (Å²) >= 11 is 7.55. The van der Waals surface area contributed by atoms with Crippen LogP contribution in [0, 0.1) is 0 Å². The van der Waals surface area contributed by atoms with Gasteiger partial charge in [-0.1, -0.05) is 29.8 Å². The molecule has 0 fully saturated rings. The van der Waals surface area contributed by atoms with Crippen molar-refractivity contribution in [3.05, 3.63) is 105 Å². The van der Waals surface area contributed by atoms with E-state index < -0.39 is 11.8 Å². The molecule has 3 aromatic heterocycles. The molecule has 42 heavy (non-hydrogen) atoms. The van der Waals surface area contributed by atoms with Crippen molar-refractivity contribution >= 4 is 45.5 Å². The van der Waals surface area contributed by atoms with Crippen LogP contribution in [0.1, 0.15) is 46.5 Å². The molecule has 0 unspecified atom stereocenters. The fraction of sp³-hybridized carbons (Fsp3) is 0.226. The molecular weight excluding hydrogens is 576 g/mol. The molecule has 7 rings (SSSR count). The molecule has 0 saturated heterocycles. The molecule has 1 N–H and O–H groups in total. The number of carbonyl (C=O) groups is 1. The molecule has 0 bridgehead atoms. The van der Waals surface area contributed by atoms with Crippen LogP contribution in [-0.4, -0.2) is 43.3 Å². The van der Waals surface area contributed by atoms with E-state index in [1.807, 2.05) is 35.1 Å². The van der Waals surface area contributed by atoms with E-state index in [0.717, 1.165) is 33.7 Å². The van der Waals surface area contributed by atoms with Gasteiger partial charge in [-0.25, -0.2) is 14.8 Å². The number of ether oxygens (including phenoxy) is 3. The van der Waals surface area contributed by atoms with Crippen molar-refractivity contribution in [2.24, 2.45) is 0 Å². The van der Waals surface area contributed by atoms with Gasteiger partial charge in [-0.2, -0.15) is 0 Å². The molecule has 5 aromatic rings. The Bertz CT molecular complexity index is 1840. The maximum atomic E-state index is 11.6. The predicted octanol–water partition coefficient (Wildman–Crippen LogP) is 6.35. The average molecular weight is 601 g/mol. The summed E-state index contributed by atoms with van der Waals surface area (Å²) in [6, 6.07) is 14.4. The molecule has 2 atom stereocenters. The van der Waals surface area contributed by atoms with E-state index in [4.69, 9.17) is 30.8 Å². The highest BCUT2D eigenvalue weighted by Gasteiger charge is 2.41. The van der Waals surface area contributed by atoms with Gasteiger partial charge < -0.3 is 23.9 Å². The van der Waals surface area contributed by atoms with Crippen molar-refractivity contribution in [2.75, 3.05) is 6.61 Å². The SMILES string of the molecule is C[C@]1(c2ccc(Cl)cn2)Oc2cccc(C3=CC[C@@H](Cc4nc5ccc(C(=O)O)cc5n4Cc4cscn4)OC3)c2O1. The Morgan fingerprint density at radius 2 is 2.10 bits per heavy atom. The Labute approximate surface area is 250 Å². The first kappa shape index (κ1) is 26.6. The standard InChI is InChI=1S/C31H25ClN4O5S/c1-31(27-10-7-20(32)13-33-27)40-26-4-2-3-23(29(26)41-31)19-5-8-22(39-15-19)12-28-35-24-9-6-18(30(37)38)11-25(24)36(28)14-21-16-42-17-34-21/h2-7,9-11,13,16-17,22H,8,12,14-15H2,1H3,(H,37,38)/t22-,31-/m0/s1. The summed E-state index contributed by atoms with van der Waals surface area (Å²) in [5, 5.41) is 12.1. The summed E-state index contributed by atoms with van der Waals surface area (Å²) in [6.45, 7) is 2.74. The molecule has 0 aliphatic carbocycles. The van der Waals surface area contributed by atoms with E-state index in [-0.39, 0.29) is 11.7 Å². The summed E-state index contributed by atoms with van der Waals surface area (Å²) in [5.74, 6) is 0.0830. The largest absolute Gasteiger partial charge is 0.478 e. The number of imidazole rings is 1. The van der Waals surface area contributed by atoms with Gasteiger partial charge >= 0.3 is 5.97 Å². The van der Waals surface area contributed by atoms with Crippen LogP contribution in [0.25, 0.3) is 16.6 Å². The molecule has 2 aromatic carbocycles. The first-order valence-corrected chi connectivity index (χ1v) is 14.7. The zero-order chi connectivity index (χ0) is 28.8. The Morgan fingerprint density at radius 3 is 2.83 bits per heavy atom. The molecule has 9 nitrogen and oxygen atoms in total. The second kappa shape index (κ2) is 10.5. The van der Waals surface area contributed by atoms with Crippen molar-refractivity contribution < 1.29 is 24.1 Å². The maximum Gasteiger partial charge on any atom is 0.335 e. The number of rotatable bonds is 7. The van der Waals surface area contributed by atoms with Crippen LogP contribution < -0.4 is 9.47 Å². The van der Waals surface area contributed by atoms with Gasteiger partial charge in [0, 0.05) is 30.5 Å². The van der Waals surface area contributed by atoms with E-state index in [9.17, 15) is 9.90 Å². The highest BCUT2D eigenvalue weighted by molar-refractivity contribution is 7.07. The molecule has 0 amide bonds. The van der Waals surface area contributed by atoms with Gasteiger partial charge in [0.05, 0.1) is 52.1 Å². The van der Waals surface area contributed by atoms with Gasteiger partial charge in [0.1, 0.15) is 11.5 Å². The van der Waals surface area contributed by atoms with Crippen molar-refractivity contribution in [2.45, 2.75) is 38.2 Å². The third-order valence-corrected chi connectivity index (χ3v) is 8.37. The van der Waals surface area contributed by atoms with Gasteiger partial charge in [0.2, 0.25) is 0 Å². The molecule has 5 heterocycles. The topological polar surface area (TPSA) is 109 Å². The lowest BCUT2D eigenvalue weighted by molar-refractivity contribution is -0.0719. The number of hydrogen-bond donors (Lipinski definition) is 1. The number of hydrogen-bond acceptors (Lipinski definition) is 8. The number of carboxylic acids is 1. The zero-order valence-corrected chi connectivity index (χ0v) is 24.1. The molecular formula is C31H25ClN4O5S. The predicted molar refractivity (Wildman–Crippen MR) is 158 cm³/mol. The fourth-order valence-electron chi connectivity index (χ4n) is 5.39. The second-order valence-electron chi connectivity index (χ2n) is 10.3. The van der Waals surface area contributed by atoms with E-state index in [2.05, 4.69) is 16.0 Å². The number of benzene rings is 2. The second-order valence-corrected chi connectivity index (χ2v) is 11.5. The van der Waals surface area contributed by atoms with Crippen LogP contribution in [0.15, 0.2) is 71.7 Å². The normalized spacial score (nSPS) is 19.7. The molecule has 0 saturated carbocycles. The van der Waals surface area contributed by atoms with E-state index in [1.54, 1.807) is 42.0 Å². The van der Waals surface area contributed by atoms with Crippen molar-refractivity contribution in [1.82, 2.24) is 19.5 Å². The highest BCUT2D eigenvalue weighted by Crippen LogP contribution is 2.48. The first-order valence-electron chi connectivity index (χ1n) is 13.4. The Hall–Kier alpha value is -4.25. The summed E-state index contributed by atoms with van der Waals surface area (Å²) in [7, 11) is 0. The van der Waals surface area contributed by atoms with Gasteiger partial charge in [-0.15, -0.1) is 11.3 Å². The number of fused-ring (bicyclic) bond motifs is 2. The molecule has 2 aliphatic rings. The van der Waals surface area contributed by atoms with Gasteiger partial charge in [-0.3, -0.25) is 4.98 Å². The van der Waals surface area contributed by atoms with Crippen molar-refractivity contribution in [3.8, 4) is 11.5 Å². The number of nitrogens with zero attached hydrogens (tertiary/aromatic N) is 4. The Kier molecular flexibility index (Phi) is 6.69. The number of pyridine rings is 1. The number of thiazole rings is 1. The fourth-order valence-corrected chi connectivity index (χ4v) is 6.05. The number of aromatic carboxylic acids is 1. The summed E-state index contributed by atoms with van der Waals surface area (Å²) in [6.07, 6.45) is 4.90. The highest BCUT2D eigenvalue weighted by atomic mass is 35.5. The average Bonchev–Trinajstić information content (AvgIpc) is 3.71. The lowest BCUT2D eigenvalue weighted by atomic mass is 9.99. The van der Waals surface area contributed by atoms with Crippen LogP contribution in [0.3, 0.4) is 0 Å². The molecule has 11 heteroatoms. The van der Waals surface area contributed by atoms with Crippen molar-refractivity contribution in [3.63, 3.8) is 0 Å². The third kappa shape index (κ3) is 4.91. The van der Waals surface area contributed by atoms with E-state index >= 15 is 0 Å². The maximum absolute atomic E-state index is 11.6. The Balaban J connectivity index is 1.13. The monoisotopic (exact) mass is 600 g/mol. The molecule has 2 aliphatic heterocycles. The lowest BCUT2D eigenvalue weighted by Crippen LogP contribution is -2.32. The molecule has 212 valence electrons. The number of para-hydroxylation sites is 1. The van der Waals surface area contributed by atoms with Gasteiger partial charge in [0.25, 0.3) is 5.79 Å². The minimum absolute atomic E-state index is 0.101. The van der Waals surface area contributed by atoms with Crippen molar-refractivity contribution in [1.29, 1.82) is 0 Å². The quantitative estimate of drug-likeness (QED) is 0.230. The molecule has 0 spiro atoms. The van der Waals surface area contributed by atoms with E-state index in [1.165, 1.54) is 11.3 Å². The van der Waals surface area contributed by atoms with Crippen LogP contribution in [0.2, 0.25) is 5.02 Å². The third-order valence-electron chi connectivity index (χ3n) is 7.51. The molecule has 0 radical (unpaired) electrons. The van der Waals surface area contributed by atoms with Gasteiger partial charge in [0.15, 0.2) is 11.5 Å². The minimum Gasteiger partial charge on any atom is -0.478 e. The minimum atomic E-state index is -1.07.